The van der Waals surface area contributed by atoms with E-state index >= 15 is 0 Å². The van der Waals surface area contributed by atoms with Gasteiger partial charge in [-0.3, -0.25) is 9.69 Å². The second kappa shape index (κ2) is 6.95. The van der Waals surface area contributed by atoms with Crippen LogP contribution >= 0.6 is 0 Å². The predicted octanol–water partition coefficient (Wildman–Crippen LogP) is -2.46. The second-order valence-corrected chi connectivity index (χ2v) is 4.21. The first-order chi connectivity index (χ1) is 8.22. The zero-order valence-corrected chi connectivity index (χ0v) is 10.7. The molecule has 2 atom stereocenters. The summed E-state index contributed by atoms with van der Waals surface area (Å²) in [5.41, 5.74) is 0. The second-order valence-electron chi connectivity index (χ2n) is 4.21. The van der Waals surface area contributed by atoms with Gasteiger partial charge in [-0.05, 0) is 0 Å². The maximum absolute atomic E-state index is 11.2. The van der Waals surface area contributed by atoms with E-state index in [2.05, 4.69) is 9.88 Å². The molecule has 0 amide bonds. The number of nitrogens with zero attached hydrogens (tertiary/aromatic N) is 2. The summed E-state index contributed by atoms with van der Waals surface area (Å²) in [5, 5.41) is 9.21. The number of carbonyl (C=O) groups is 1. The van der Waals surface area contributed by atoms with Crippen molar-refractivity contribution in [1.29, 1.82) is 0 Å². The van der Waals surface area contributed by atoms with E-state index in [1.807, 2.05) is 0 Å². The molecule has 1 aliphatic rings. The summed E-state index contributed by atoms with van der Waals surface area (Å²) in [4.78, 5) is 17.1. The smallest absolute Gasteiger partial charge is 1.00 e. The van der Waals surface area contributed by atoms with E-state index in [9.17, 15) is 9.90 Å². The van der Waals surface area contributed by atoms with Gasteiger partial charge in [0.1, 0.15) is 5.76 Å². The Morgan fingerprint density at radius 3 is 3.06 bits per heavy atom. The molecule has 0 aliphatic carbocycles. The van der Waals surface area contributed by atoms with Gasteiger partial charge in [0.05, 0.1) is 18.7 Å². The molecule has 96 valence electrons. The molecule has 18 heavy (non-hydrogen) atoms. The molecule has 0 saturated carbocycles. The predicted molar refractivity (Wildman–Crippen MR) is 59.8 cm³/mol. The van der Waals surface area contributed by atoms with Gasteiger partial charge in [0, 0.05) is 32.7 Å². The number of aliphatic carboxylic acids is 1. The van der Waals surface area contributed by atoms with Crippen LogP contribution in [0, 0.1) is 5.92 Å². The number of oxazole rings is 1. The number of carboxylic acid groups (broad SMARTS) is 1. The third-order valence-corrected chi connectivity index (χ3v) is 3.14. The number of methoxy groups -OCH3 is 1. The fraction of sp³-hybridized carbons (Fsp3) is 0.636. The van der Waals surface area contributed by atoms with Gasteiger partial charge in [-0.25, -0.2) is 4.98 Å². The Morgan fingerprint density at radius 2 is 2.50 bits per heavy atom. The third kappa shape index (κ3) is 3.36. The molecule has 2 unspecified atom stereocenters. The van der Waals surface area contributed by atoms with Crippen molar-refractivity contribution in [1.82, 2.24) is 9.88 Å². The van der Waals surface area contributed by atoms with Crippen LogP contribution in [0.3, 0.4) is 0 Å². The van der Waals surface area contributed by atoms with Gasteiger partial charge in [-0.2, -0.15) is 0 Å². The molecule has 1 N–H and O–H groups in total. The van der Waals surface area contributed by atoms with E-state index in [0.717, 1.165) is 6.54 Å². The summed E-state index contributed by atoms with van der Waals surface area (Å²) in [5.74, 6) is -0.685. The SMILES string of the molecule is COCCN1CC(C(=O)O)C(c2cnco2)C1.[H-].[Li+]. The van der Waals surface area contributed by atoms with Crippen LogP contribution in [0.4, 0.5) is 0 Å². The molecule has 0 radical (unpaired) electrons. The summed E-state index contributed by atoms with van der Waals surface area (Å²) in [6, 6.07) is 0. The summed E-state index contributed by atoms with van der Waals surface area (Å²) in [6.07, 6.45) is 2.94. The minimum Gasteiger partial charge on any atom is -1.00 e. The van der Waals surface area contributed by atoms with Gasteiger partial charge in [0.2, 0.25) is 0 Å². The molecule has 1 saturated heterocycles. The quantitative estimate of drug-likeness (QED) is 0.582. The number of hydrogen-bond acceptors (Lipinski definition) is 5. The van der Waals surface area contributed by atoms with Crippen LogP contribution in [0.15, 0.2) is 17.0 Å². The van der Waals surface area contributed by atoms with Crippen molar-refractivity contribution in [2.45, 2.75) is 5.92 Å². The first-order valence-electron chi connectivity index (χ1n) is 5.55. The summed E-state index contributed by atoms with van der Waals surface area (Å²) >= 11 is 0. The monoisotopic (exact) mass is 248 g/mol. The molecule has 0 spiro atoms. The van der Waals surface area contributed by atoms with Crippen molar-refractivity contribution >= 4 is 5.97 Å². The number of aromatic nitrogens is 1. The zero-order chi connectivity index (χ0) is 12.3. The van der Waals surface area contributed by atoms with Crippen LogP contribution in [-0.4, -0.2) is 54.3 Å². The van der Waals surface area contributed by atoms with Crippen LogP contribution < -0.4 is 18.9 Å². The van der Waals surface area contributed by atoms with Crippen molar-refractivity contribution in [3.63, 3.8) is 0 Å². The molecular weight excluding hydrogens is 231 g/mol. The Balaban J connectivity index is 0.00000162. The number of ether oxygens (including phenoxy) is 1. The minimum absolute atomic E-state index is 0. The van der Waals surface area contributed by atoms with E-state index in [4.69, 9.17) is 9.15 Å². The van der Waals surface area contributed by atoms with Crippen molar-refractivity contribution < 1.29 is 39.3 Å². The van der Waals surface area contributed by atoms with E-state index < -0.39 is 11.9 Å². The van der Waals surface area contributed by atoms with Crippen LogP contribution in [0.1, 0.15) is 13.1 Å². The fourth-order valence-electron chi connectivity index (χ4n) is 2.24. The topological polar surface area (TPSA) is 75.8 Å². The number of rotatable bonds is 5. The van der Waals surface area contributed by atoms with Crippen molar-refractivity contribution in [3.8, 4) is 0 Å². The fourth-order valence-corrected chi connectivity index (χ4v) is 2.24. The van der Waals surface area contributed by atoms with Crippen molar-refractivity contribution in [2.75, 3.05) is 33.4 Å². The Bertz CT molecular complexity index is 377. The molecule has 7 heteroatoms. The molecule has 1 fully saturated rings. The summed E-state index contributed by atoms with van der Waals surface area (Å²) in [7, 11) is 1.64. The average molecular weight is 248 g/mol. The van der Waals surface area contributed by atoms with Gasteiger partial charge >= 0.3 is 24.8 Å². The van der Waals surface area contributed by atoms with Crippen LogP contribution in [0.5, 0.6) is 0 Å². The first-order valence-corrected chi connectivity index (χ1v) is 5.55. The third-order valence-electron chi connectivity index (χ3n) is 3.14. The van der Waals surface area contributed by atoms with Crippen LogP contribution in [0.25, 0.3) is 0 Å². The Hall–Kier alpha value is -0.803. The molecule has 2 heterocycles. The van der Waals surface area contributed by atoms with Gasteiger partial charge in [-0.1, -0.05) is 0 Å². The van der Waals surface area contributed by atoms with E-state index in [0.29, 0.717) is 25.5 Å². The normalized spacial score (nSPS) is 23.8. The van der Waals surface area contributed by atoms with Gasteiger partial charge in [0.25, 0.3) is 0 Å². The molecule has 1 aliphatic heterocycles. The molecule has 1 aromatic rings. The molecule has 0 bridgehead atoms. The van der Waals surface area contributed by atoms with Crippen molar-refractivity contribution in [3.05, 3.63) is 18.4 Å². The maximum Gasteiger partial charge on any atom is 1.00 e. The molecule has 0 aromatic carbocycles. The minimum atomic E-state index is -0.786. The summed E-state index contributed by atoms with van der Waals surface area (Å²) < 4.78 is 10.2. The molecular formula is C11H17LiN2O4. The van der Waals surface area contributed by atoms with E-state index in [1.54, 1.807) is 13.3 Å². The van der Waals surface area contributed by atoms with E-state index in [-0.39, 0.29) is 26.2 Å². The van der Waals surface area contributed by atoms with Gasteiger partial charge in [-0.15, -0.1) is 0 Å². The first kappa shape index (κ1) is 15.3. The molecule has 1 aromatic heterocycles. The standard InChI is InChI=1S/C11H16N2O4.Li.H/c1-16-3-2-13-5-8(9(6-13)11(14)15)10-4-12-7-17-10;;/h4,7-9H,2-3,5-6H2,1H3,(H,14,15);;/q;+1;-1. The van der Waals surface area contributed by atoms with Crippen LogP contribution in [0.2, 0.25) is 0 Å². The number of carboxylic acids is 1. The van der Waals surface area contributed by atoms with Gasteiger partial charge < -0.3 is 15.7 Å². The molecule has 6 nitrogen and oxygen atoms in total. The Labute approximate surface area is 119 Å². The Morgan fingerprint density at radius 1 is 1.72 bits per heavy atom. The van der Waals surface area contributed by atoms with Gasteiger partial charge in [0.15, 0.2) is 6.39 Å². The van der Waals surface area contributed by atoms with E-state index in [1.165, 1.54) is 6.39 Å². The summed E-state index contributed by atoms with van der Waals surface area (Å²) in [6.45, 7) is 2.56. The average Bonchev–Trinajstić information content (AvgIpc) is 2.94. The Kier molecular flexibility index (Phi) is 5.89. The maximum atomic E-state index is 11.2. The largest absolute Gasteiger partial charge is 1.00 e. The zero-order valence-electron chi connectivity index (χ0n) is 11.7. The molecule has 2 rings (SSSR count). The number of hydrogen-bond donors (Lipinski definition) is 1. The van der Waals surface area contributed by atoms with Crippen LogP contribution in [-0.2, 0) is 9.53 Å². The van der Waals surface area contributed by atoms with Crippen molar-refractivity contribution in [2.24, 2.45) is 5.92 Å². The number of likely N-dealkylation sites (tertiary alicyclic amines) is 1.